The number of ether oxygens (including phenoxy) is 1. The minimum absolute atomic E-state index is 0.432. The summed E-state index contributed by atoms with van der Waals surface area (Å²) in [4.78, 5) is 11.5. The molecule has 0 spiro atoms. The van der Waals surface area contributed by atoms with Gasteiger partial charge >= 0.3 is 5.97 Å². The molecule has 0 fully saturated rings. The van der Waals surface area contributed by atoms with Crippen LogP contribution in [0.1, 0.15) is 16.7 Å². The summed E-state index contributed by atoms with van der Waals surface area (Å²) in [5, 5.41) is 9.48. The Balaban J connectivity index is 2.16. The molecule has 3 nitrogen and oxygen atoms in total. The fourth-order valence-electron chi connectivity index (χ4n) is 2.44. The van der Waals surface area contributed by atoms with E-state index in [0.717, 1.165) is 22.4 Å². The van der Waals surface area contributed by atoms with E-state index < -0.39 is 11.9 Å². The third-order valence-electron chi connectivity index (χ3n) is 3.69. The van der Waals surface area contributed by atoms with Gasteiger partial charge < -0.3 is 9.84 Å². The Morgan fingerprint density at radius 2 is 1.90 bits per heavy atom. The maximum atomic E-state index is 11.5. The van der Waals surface area contributed by atoms with Crippen LogP contribution in [0.25, 0.3) is 0 Å². The van der Waals surface area contributed by atoms with E-state index in [-0.39, 0.29) is 0 Å². The Morgan fingerprint density at radius 3 is 2.57 bits per heavy atom. The standard InChI is InChI=1S/C18H20O3/c1-13-6-3-4-8-15(13)12-16(18(19)20)10-14-7-5-9-17(11-14)21-2/h3-9,11,16H,10,12H2,1-2H3,(H,19,20). The van der Waals surface area contributed by atoms with Gasteiger partial charge in [0, 0.05) is 0 Å². The average Bonchev–Trinajstić information content (AvgIpc) is 2.49. The van der Waals surface area contributed by atoms with E-state index >= 15 is 0 Å². The molecule has 2 aromatic carbocycles. The molecule has 0 aliphatic heterocycles. The number of aryl methyl sites for hydroxylation is 1. The minimum Gasteiger partial charge on any atom is -0.497 e. The van der Waals surface area contributed by atoms with Crippen LogP contribution in [0.3, 0.4) is 0 Å². The van der Waals surface area contributed by atoms with Gasteiger partial charge in [-0.25, -0.2) is 0 Å². The number of carbonyl (C=O) groups is 1. The molecular formula is C18H20O3. The lowest BCUT2D eigenvalue weighted by atomic mass is 9.91. The van der Waals surface area contributed by atoms with Crippen molar-refractivity contribution in [3.05, 3.63) is 65.2 Å². The van der Waals surface area contributed by atoms with Crippen molar-refractivity contribution in [2.24, 2.45) is 5.92 Å². The highest BCUT2D eigenvalue weighted by Gasteiger charge is 2.19. The fourth-order valence-corrected chi connectivity index (χ4v) is 2.44. The average molecular weight is 284 g/mol. The summed E-state index contributed by atoms with van der Waals surface area (Å²) in [6, 6.07) is 15.5. The molecule has 1 N–H and O–H groups in total. The topological polar surface area (TPSA) is 46.5 Å². The molecule has 0 radical (unpaired) electrons. The second-order valence-electron chi connectivity index (χ2n) is 5.22. The molecule has 110 valence electrons. The van der Waals surface area contributed by atoms with Crippen molar-refractivity contribution < 1.29 is 14.6 Å². The second kappa shape index (κ2) is 6.93. The molecular weight excluding hydrogens is 264 g/mol. The molecule has 0 aromatic heterocycles. The normalized spacial score (nSPS) is 11.9. The van der Waals surface area contributed by atoms with Gasteiger partial charge in [-0.15, -0.1) is 0 Å². The van der Waals surface area contributed by atoms with Crippen LogP contribution < -0.4 is 4.74 Å². The SMILES string of the molecule is COc1cccc(CC(Cc2ccccc2C)C(=O)O)c1. The number of methoxy groups -OCH3 is 1. The zero-order valence-corrected chi connectivity index (χ0v) is 12.4. The van der Waals surface area contributed by atoms with Crippen LogP contribution in [0.15, 0.2) is 48.5 Å². The summed E-state index contributed by atoms with van der Waals surface area (Å²) in [5.74, 6) is -0.438. The van der Waals surface area contributed by atoms with Crippen molar-refractivity contribution in [2.75, 3.05) is 7.11 Å². The number of rotatable bonds is 6. The van der Waals surface area contributed by atoms with Crippen LogP contribution in [0.2, 0.25) is 0 Å². The molecule has 2 rings (SSSR count). The molecule has 0 amide bonds. The Labute approximate surface area is 125 Å². The molecule has 1 unspecified atom stereocenters. The summed E-state index contributed by atoms with van der Waals surface area (Å²) in [6.07, 6.45) is 1.04. The zero-order chi connectivity index (χ0) is 15.2. The molecule has 0 heterocycles. The van der Waals surface area contributed by atoms with E-state index in [1.54, 1.807) is 7.11 Å². The number of carboxylic acids is 1. The number of benzene rings is 2. The monoisotopic (exact) mass is 284 g/mol. The number of carboxylic acid groups (broad SMARTS) is 1. The molecule has 21 heavy (non-hydrogen) atoms. The first-order valence-corrected chi connectivity index (χ1v) is 7.00. The van der Waals surface area contributed by atoms with Gasteiger partial charge in [-0.3, -0.25) is 4.79 Å². The Kier molecular flexibility index (Phi) is 4.99. The van der Waals surface area contributed by atoms with Crippen molar-refractivity contribution in [1.82, 2.24) is 0 Å². The van der Waals surface area contributed by atoms with Crippen LogP contribution >= 0.6 is 0 Å². The lowest BCUT2D eigenvalue weighted by Gasteiger charge is -2.14. The van der Waals surface area contributed by atoms with E-state index in [1.165, 1.54) is 0 Å². The maximum absolute atomic E-state index is 11.5. The third kappa shape index (κ3) is 4.09. The first kappa shape index (κ1) is 15.1. The first-order valence-electron chi connectivity index (χ1n) is 7.00. The summed E-state index contributed by atoms with van der Waals surface area (Å²) in [5.41, 5.74) is 3.21. The van der Waals surface area contributed by atoms with E-state index in [4.69, 9.17) is 4.74 Å². The molecule has 0 aliphatic carbocycles. The largest absolute Gasteiger partial charge is 0.497 e. The molecule has 1 atom stereocenters. The maximum Gasteiger partial charge on any atom is 0.307 e. The molecule has 3 heteroatoms. The first-order chi connectivity index (χ1) is 10.1. The summed E-state index contributed by atoms with van der Waals surface area (Å²) >= 11 is 0. The van der Waals surface area contributed by atoms with Gasteiger partial charge in [0.1, 0.15) is 5.75 Å². The van der Waals surface area contributed by atoms with Gasteiger partial charge in [0.2, 0.25) is 0 Å². The Morgan fingerprint density at radius 1 is 1.14 bits per heavy atom. The summed E-state index contributed by atoms with van der Waals surface area (Å²) in [6.45, 7) is 2.01. The van der Waals surface area contributed by atoms with E-state index in [9.17, 15) is 9.90 Å². The van der Waals surface area contributed by atoms with Gasteiger partial charge in [-0.1, -0.05) is 36.4 Å². The highest BCUT2D eigenvalue weighted by Crippen LogP contribution is 2.20. The van der Waals surface area contributed by atoms with Crippen LogP contribution in [0.4, 0.5) is 0 Å². The van der Waals surface area contributed by atoms with Crippen LogP contribution in [0.5, 0.6) is 5.75 Å². The quantitative estimate of drug-likeness (QED) is 0.883. The number of aliphatic carboxylic acids is 1. The fraction of sp³-hybridized carbons (Fsp3) is 0.278. The van der Waals surface area contributed by atoms with Crippen LogP contribution in [0, 0.1) is 12.8 Å². The van der Waals surface area contributed by atoms with Crippen LogP contribution in [-0.4, -0.2) is 18.2 Å². The van der Waals surface area contributed by atoms with Crippen molar-refractivity contribution >= 4 is 5.97 Å². The molecule has 0 bridgehead atoms. The predicted octanol–water partition coefficient (Wildman–Crippen LogP) is 3.49. The lowest BCUT2D eigenvalue weighted by molar-refractivity contribution is -0.141. The molecule has 0 aliphatic rings. The second-order valence-corrected chi connectivity index (χ2v) is 5.22. The molecule has 2 aromatic rings. The Bertz CT molecular complexity index is 619. The van der Waals surface area contributed by atoms with Gasteiger partial charge in [0.05, 0.1) is 13.0 Å². The number of hydrogen-bond acceptors (Lipinski definition) is 2. The minimum atomic E-state index is -0.763. The predicted molar refractivity (Wildman–Crippen MR) is 82.7 cm³/mol. The van der Waals surface area contributed by atoms with Crippen molar-refractivity contribution in [3.63, 3.8) is 0 Å². The smallest absolute Gasteiger partial charge is 0.307 e. The summed E-state index contributed by atoms with van der Waals surface area (Å²) < 4.78 is 5.19. The van der Waals surface area contributed by atoms with E-state index in [1.807, 2.05) is 55.5 Å². The zero-order valence-electron chi connectivity index (χ0n) is 12.4. The molecule has 0 saturated carbocycles. The Hall–Kier alpha value is -2.29. The highest BCUT2D eigenvalue weighted by atomic mass is 16.5. The highest BCUT2D eigenvalue weighted by molar-refractivity contribution is 5.71. The molecule has 0 saturated heterocycles. The van der Waals surface area contributed by atoms with E-state index in [2.05, 4.69) is 0 Å². The van der Waals surface area contributed by atoms with Gasteiger partial charge in [-0.2, -0.15) is 0 Å². The number of hydrogen-bond donors (Lipinski definition) is 1. The lowest BCUT2D eigenvalue weighted by Crippen LogP contribution is -2.19. The van der Waals surface area contributed by atoms with Gasteiger partial charge in [0.25, 0.3) is 0 Å². The van der Waals surface area contributed by atoms with Gasteiger partial charge in [0.15, 0.2) is 0 Å². The van der Waals surface area contributed by atoms with Crippen LogP contribution in [-0.2, 0) is 17.6 Å². The van der Waals surface area contributed by atoms with E-state index in [0.29, 0.717) is 12.8 Å². The van der Waals surface area contributed by atoms with Crippen molar-refractivity contribution in [3.8, 4) is 5.75 Å². The summed E-state index contributed by atoms with van der Waals surface area (Å²) in [7, 11) is 1.61. The van der Waals surface area contributed by atoms with Crippen molar-refractivity contribution in [1.29, 1.82) is 0 Å². The third-order valence-corrected chi connectivity index (χ3v) is 3.69. The van der Waals surface area contributed by atoms with Gasteiger partial charge in [-0.05, 0) is 48.6 Å². The van der Waals surface area contributed by atoms with Crippen molar-refractivity contribution in [2.45, 2.75) is 19.8 Å².